The smallest absolute Gasteiger partial charge is 0.243 e. The van der Waals surface area contributed by atoms with Gasteiger partial charge in [0.25, 0.3) is 0 Å². The Bertz CT molecular complexity index is 583. The van der Waals surface area contributed by atoms with E-state index < -0.39 is 0 Å². The lowest BCUT2D eigenvalue weighted by Crippen LogP contribution is -2.30. The van der Waals surface area contributed by atoms with Crippen molar-refractivity contribution < 1.29 is 23.8 Å². The molecule has 0 bridgehead atoms. The minimum absolute atomic E-state index is 0.159. The molecule has 1 aliphatic heterocycles. The van der Waals surface area contributed by atoms with E-state index in [-0.39, 0.29) is 28.7 Å². The van der Waals surface area contributed by atoms with Crippen LogP contribution in [0.5, 0.6) is 0 Å². The Morgan fingerprint density at radius 2 is 1.77 bits per heavy atom. The predicted molar refractivity (Wildman–Crippen MR) is 101 cm³/mol. The fraction of sp³-hybridized carbons (Fsp3) is 0.750. The summed E-state index contributed by atoms with van der Waals surface area (Å²) in [4.78, 5) is 24.9. The first-order valence-electron chi connectivity index (χ1n) is 8.72. The van der Waals surface area contributed by atoms with Crippen LogP contribution in [0, 0.1) is 0 Å². The van der Waals surface area contributed by atoms with Crippen LogP contribution in [-0.2, 0) is 36.9 Å². The molecule has 1 aromatic rings. The van der Waals surface area contributed by atoms with Gasteiger partial charge >= 0.3 is 0 Å². The number of aromatic nitrogens is 3. The van der Waals surface area contributed by atoms with E-state index in [4.69, 9.17) is 14.2 Å². The summed E-state index contributed by atoms with van der Waals surface area (Å²) >= 11 is 1.99. The van der Waals surface area contributed by atoms with Crippen molar-refractivity contribution in [3.63, 3.8) is 0 Å². The Labute approximate surface area is 166 Å². The van der Waals surface area contributed by atoms with E-state index in [0.29, 0.717) is 45.3 Å². The van der Waals surface area contributed by atoms with Gasteiger partial charge < -0.3 is 14.2 Å². The molecule has 1 aliphatic rings. The van der Waals surface area contributed by atoms with E-state index in [1.807, 2.05) is 22.6 Å². The van der Waals surface area contributed by atoms with Crippen LogP contribution in [0.1, 0.15) is 25.5 Å². The van der Waals surface area contributed by atoms with Crippen molar-refractivity contribution in [1.82, 2.24) is 19.9 Å². The molecule has 1 atom stereocenters. The molecule has 0 spiro atoms. The standard InChI is InChI=1S/C16H25IN4O5/c1-2-4-24-6-8-26-9-7-25-5-3-20-11-13(18-19-20)12-21-15(22)10-14(17)16(21)23/h11,14H,2-10,12H2,1H3. The number of hydrogen-bond acceptors (Lipinski definition) is 7. The quantitative estimate of drug-likeness (QED) is 0.178. The number of amides is 2. The number of alkyl halides is 1. The van der Waals surface area contributed by atoms with Crippen molar-refractivity contribution in [3.05, 3.63) is 11.9 Å². The van der Waals surface area contributed by atoms with Gasteiger partial charge in [0, 0.05) is 13.0 Å². The van der Waals surface area contributed by atoms with Crippen LogP contribution in [-0.4, -0.2) is 75.3 Å². The molecule has 0 N–H and O–H groups in total. The Morgan fingerprint density at radius 3 is 2.38 bits per heavy atom. The summed E-state index contributed by atoms with van der Waals surface area (Å²) in [6.45, 7) is 6.23. The third-order valence-electron chi connectivity index (χ3n) is 3.65. The summed E-state index contributed by atoms with van der Waals surface area (Å²) in [6.07, 6.45) is 3.00. The minimum Gasteiger partial charge on any atom is -0.379 e. The second kappa shape index (κ2) is 11.6. The zero-order valence-corrected chi connectivity index (χ0v) is 17.1. The van der Waals surface area contributed by atoms with Crippen LogP contribution in [0.25, 0.3) is 0 Å². The number of rotatable bonds is 13. The highest BCUT2D eigenvalue weighted by atomic mass is 127. The molecule has 1 saturated heterocycles. The summed E-state index contributed by atoms with van der Waals surface area (Å²) in [5, 5.41) is 8.00. The summed E-state index contributed by atoms with van der Waals surface area (Å²) in [6, 6.07) is 0. The van der Waals surface area contributed by atoms with Gasteiger partial charge in [0.2, 0.25) is 11.8 Å². The molecule has 2 heterocycles. The zero-order valence-electron chi connectivity index (χ0n) is 14.9. The number of carbonyl (C=O) groups excluding carboxylic acids is 2. The highest BCUT2D eigenvalue weighted by molar-refractivity contribution is 14.1. The minimum atomic E-state index is -0.274. The van der Waals surface area contributed by atoms with Crippen molar-refractivity contribution in [2.45, 2.75) is 36.8 Å². The normalized spacial score (nSPS) is 17.5. The lowest BCUT2D eigenvalue weighted by Gasteiger charge is -2.11. The van der Waals surface area contributed by atoms with Crippen LogP contribution < -0.4 is 0 Å². The first-order chi connectivity index (χ1) is 12.6. The third-order valence-corrected chi connectivity index (χ3v) is 4.63. The van der Waals surface area contributed by atoms with Crippen molar-refractivity contribution in [3.8, 4) is 0 Å². The van der Waals surface area contributed by atoms with Crippen LogP contribution in [0.4, 0.5) is 0 Å². The lowest BCUT2D eigenvalue weighted by atomic mass is 10.4. The molecular weight excluding hydrogens is 455 g/mol. The van der Waals surface area contributed by atoms with Crippen molar-refractivity contribution in [2.24, 2.45) is 0 Å². The highest BCUT2D eigenvalue weighted by Gasteiger charge is 2.37. The van der Waals surface area contributed by atoms with Gasteiger partial charge in [0.15, 0.2) is 0 Å². The fourth-order valence-electron chi connectivity index (χ4n) is 2.34. The number of likely N-dealkylation sites (tertiary alicyclic amines) is 1. The molecule has 1 unspecified atom stereocenters. The average Bonchev–Trinajstić information content (AvgIpc) is 3.16. The summed E-state index contributed by atoms with van der Waals surface area (Å²) in [7, 11) is 0. The average molecular weight is 480 g/mol. The molecule has 1 fully saturated rings. The molecule has 26 heavy (non-hydrogen) atoms. The zero-order chi connectivity index (χ0) is 18.8. The molecule has 146 valence electrons. The molecule has 0 saturated carbocycles. The number of carbonyl (C=O) groups is 2. The van der Waals surface area contributed by atoms with E-state index in [1.165, 1.54) is 4.90 Å². The van der Waals surface area contributed by atoms with Crippen LogP contribution in [0.15, 0.2) is 6.20 Å². The molecule has 2 rings (SSSR count). The Balaban J connectivity index is 1.56. The monoisotopic (exact) mass is 480 g/mol. The Kier molecular flexibility index (Phi) is 9.43. The van der Waals surface area contributed by atoms with Gasteiger partial charge in [-0.1, -0.05) is 34.7 Å². The SMILES string of the molecule is CCCOCCOCCOCCn1cc(CN2C(=O)CC(I)C2=O)nn1. The van der Waals surface area contributed by atoms with Crippen molar-refractivity contribution in [1.29, 1.82) is 0 Å². The van der Waals surface area contributed by atoms with E-state index in [0.717, 1.165) is 13.0 Å². The number of nitrogens with zero attached hydrogens (tertiary/aromatic N) is 4. The summed E-state index contributed by atoms with van der Waals surface area (Å²) in [5.74, 6) is -0.319. The maximum atomic E-state index is 11.9. The van der Waals surface area contributed by atoms with E-state index in [2.05, 4.69) is 17.2 Å². The van der Waals surface area contributed by atoms with Crippen molar-refractivity contribution in [2.75, 3.05) is 39.6 Å². The Hall–Kier alpha value is -1.11. The van der Waals surface area contributed by atoms with Gasteiger partial charge in [-0.25, -0.2) is 4.68 Å². The molecule has 1 aromatic heterocycles. The maximum Gasteiger partial charge on any atom is 0.243 e. The van der Waals surface area contributed by atoms with Gasteiger partial charge in [0.1, 0.15) is 5.69 Å². The van der Waals surface area contributed by atoms with Gasteiger partial charge in [-0.2, -0.15) is 0 Å². The predicted octanol–water partition coefficient (Wildman–Crippen LogP) is 0.800. The summed E-state index contributed by atoms with van der Waals surface area (Å²) < 4.78 is 17.5. The second-order valence-electron chi connectivity index (χ2n) is 5.80. The fourth-order valence-corrected chi connectivity index (χ4v) is 3.05. The molecule has 0 radical (unpaired) electrons. The molecule has 9 nitrogen and oxygen atoms in total. The van der Waals surface area contributed by atoms with Crippen LogP contribution in [0.3, 0.4) is 0 Å². The van der Waals surface area contributed by atoms with Gasteiger partial charge in [-0.05, 0) is 6.42 Å². The van der Waals surface area contributed by atoms with Crippen molar-refractivity contribution >= 4 is 34.4 Å². The summed E-state index contributed by atoms with van der Waals surface area (Å²) in [5.41, 5.74) is 0.590. The third kappa shape index (κ3) is 6.89. The van der Waals surface area contributed by atoms with Gasteiger partial charge in [0.05, 0.1) is 56.2 Å². The van der Waals surface area contributed by atoms with E-state index >= 15 is 0 Å². The number of ether oxygens (including phenoxy) is 3. The van der Waals surface area contributed by atoms with Crippen LogP contribution >= 0.6 is 22.6 Å². The number of hydrogen-bond donors (Lipinski definition) is 0. The van der Waals surface area contributed by atoms with Gasteiger partial charge in [-0.3, -0.25) is 14.5 Å². The Morgan fingerprint density at radius 1 is 1.12 bits per heavy atom. The molecule has 10 heteroatoms. The van der Waals surface area contributed by atoms with E-state index in [1.54, 1.807) is 10.9 Å². The molecule has 0 aromatic carbocycles. The first kappa shape index (κ1) is 21.2. The number of halogens is 1. The van der Waals surface area contributed by atoms with Gasteiger partial charge in [-0.15, -0.1) is 5.10 Å². The topological polar surface area (TPSA) is 95.8 Å². The number of imide groups is 1. The molecule has 2 amide bonds. The molecular formula is C16H25IN4O5. The van der Waals surface area contributed by atoms with E-state index in [9.17, 15) is 9.59 Å². The maximum absolute atomic E-state index is 11.9. The van der Waals surface area contributed by atoms with Crippen LogP contribution in [0.2, 0.25) is 0 Å². The first-order valence-corrected chi connectivity index (χ1v) is 9.97. The largest absolute Gasteiger partial charge is 0.379 e. The second-order valence-corrected chi connectivity index (χ2v) is 7.30. The molecule has 0 aliphatic carbocycles. The highest BCUT2D eigenvalue weighted by Crippen LogP contribution is 2.21. The lowest BCUT2D eigenvalue weighted by molar-refractivity contribution is -0.138.